The average molecular weight is 609 g/mol. The van der Waals surface area contributed by atoms with Gasteiger partial charge in [0.1, 0.15) is 12.1 Å². The van der Waals surface area contributed by atoms with E-state index in [-0.39, 0.29) is 54.1 Å². The average Bonchev–Trinajstić information content (AvgIpc) is 3.34. The van der Waals surface area contributed by atoms with Crippen molar-refractivity contribution in [2.75, 3.05) is 19.7 Å². The molecule has 5 atom stereocenters. The molecule has 1 heterocycles. The summed E-state index contributed by atoms with van der Waals surface area (Å²) in [5.74, 6) is -2.51. The molecule has 1 unspecified atom stereocenters. The van der Waals surface area contributed by atoms with E-state index in [2.05, 4.69) is 36.4 Å². The number of ether oxygens (including phenoxy) is 1. The number of hydrogen-bond acceptors (Lipinski definition) is 6. The maximum Gasteiger partial charge on any atom is 0.407 e. The maximum atomic E-state index is 14.4. The summed E-state index contributed by atoms with van der Waals surface area (Å²) < 4.78 is 5.50. The van der Waals surface area contributed by atoms with Crippen LogP contribution in [0.15, 0.2) is 36.9 Å². The molecule has 4 amide bonds. The third kappa shape index (κ3) is 7.16. The monoisotopic (exact) mass is 608 g/mol. The Morgan fingerprint density at radius 3 is 2.30 bits per heavy atom. The van der Waals surface area contributed by atoms with Gasteiger partial charge >= 0.3 is 6.09 Å². The number of likely N-dealkylation sites (tertiary alicyclic amines) is 1. The predicted molar refractivity (Wildman–Crippen MR) is 166 cm³/mol. The molecule has 1 aliphatic heterocycles. The lowest BCUT2D eigenvalue weighted by molar-refractivity contribution is -0.144. The van der Waals surface area contributed by atoms with Crippen molar-refractivity contribution in [2.24, 2.45) is 28.6 Å². The number of Topliss-reactive ketones (excluding diaryl/α,β-unsaturated/α-hetero) is 1. The van der Waals surface area contributed by atoms with Crippen molar-refractivity contribution in [3.63, 3.8) is 0 Å². The van der Waals surface area contributed by atoms with Gasteiger partial charge in [0.2, 0.25) is 17.6 Å². The highest BCUT2D eigenvalue weighted by Gasteiger charge is 2.69. The first kappa shape index (κ1) is 33.2. The van der Waals surface area contributed by atoms with Crippen LogP contribution in [0, 0.1) is 28.6 Å². The molecule has 1 saturated carbocycles. The molecule has 240 valence electrons. The number of alkyl carbamates (subject to hydrolysis) is 1. The molecule has 10 nitrogen and oxygen atoms in total. The summed E-state index contributed by atoms with van der Waals surface area (Å²) in [4.78, 5) is 68.4. The van der Waals surface area contributed by atoms with Crippen molar-refractivity contribution in [2.45, 2.75) is 85.4 Å². The van der Waals surface area contributed by atoms with E-state index >= 15 is 0 Å². The van der Waals surface area contributed by atoms with Gasteiger partial charge in [-0.15, -0.1) is 6.58 Å². The van der Waals surface area contributed by atoms with Crippen LogP contribution < -0.4 is 16.0 Å². The smallest absolute Gasteiger partial charge is 0.407 e. The first-order valence-corrected chi connectivity index (χ1v) is 15.7. The largest absolute Gasteiger partial charge is 0.449 e. The SMILES string of the molecule is C=CCNC(=O)C(=O)C(CCC)NC(=O)[C@@H]1[C@H]2[C@@H](CN1C(=O)[C@@H](NC(=O)OCC(C)(C)C)C1Cc3ccccc3C1)C2(C)C. The number of nitrogens with one attached hydrogen (secondary N) is 3. The summed E-state index contributed by atoms with van der Waals surface area (Å²) in [7, 11) is 0. The van der Waals surface area contributed by atoms with E-state index in [0.717, 1.165) is 11.1 Å². The fraction of sp³-hybridized carbons (Fsp3) is 0.618. The third-order valence-corrected chi connectivity index (χ3v) is 9.33. The van der Waals surface area contributed by atoms with Crippen molar-refractivity contribution in [3.05, 3.63) is 48.0 Å². The first-order chi connectivity index (χ1) is 20.7. The standard InChI is InChI=1S/C34H48N4O6/c1-8-12-24(28(39)30(41)35-15-9-2)36-29(40)27-25-23(34(25,6)7)18-38(27)31(42)26(37-32(43)44-19-33(3,4)5)22-16-20-13-10-11-14-21(20)17-22/h9-11,13-14,22-27H,2,8,12,15-19H2,1,3-7H3,(H,35,41)(H,36,40)(H,37,43)/t23-,24?,25-,26+,27+/m1/s1. The highest BCUT2D eigenvalue weighted by atomic mass is 16.5. The van der Waals surface area contributed by atoms with E-state index in [9.17, 15) is 24.0 Å². The zero-order valence-electron chi connectivity index (χ0n) is 26.9. The van der Waals surface area contributed by atoms with Crippen molar-refractivity contribution in [1.82, 2.24) is 20.9 Å². The van der Waals surface area contributed by atoms with E-state index in [4.69, 9.17) is 4.74 Å². The summed E-state index contributed by atoms with van der Waals surface area (Å²) in [5.41, 5.74) is 1.86. The fourth-order valence-electron chi connectivity index (χ4n) is 6.88. The fourth-order valence-corrected chi connectivity index (χ4v) is 6.88. The lowest BCUT2D eigenvalue weighted by Crippen LogP contribution is -2.59. The summed E-state index contributed by atoms with van der Waals surface area (Å²) in [5, 5.41) is 8.17. The van der Waals surface area contributed by atoms with Crippen LogP contribution in [-0.4, -0.2) is 72.3 Å². The highest BCUT2D eigenvalue weighted by molar-refractivity contribution is 6.38. The molecule has 1 aromatic carbocycles. The number of ketones is 1. The Morgan fingerprint density at radius 1 is 1.09 bits per heavy atom. The van der Waals surface area contributed by atoms with Gasteiger partial charge < -0.3 is 25.6 Å². The minimum Gasteiger partial charge on any atom is -0.449 e. The molecule has 0 bridgehead atoms. The summed E-state index contributed by atoms with van der Waals surface area (Å²) >= 11 is 0. The second-order valence-corrected chi connectivity index (χ2v) is 14.3. The van der Waals surface area contributed by atoms with Gasteiger partial charge in [0, 0.05) is 13.1 Å². The Kier molecular flexibility index (Phi) is 9.90. The van der Waals surface area contributed by atoms with Gasteiger partial charge in [-0.25, -0.2) is 4.79 Å². The number of hydrogen-bond donors (Lipinski definition) is 3. The zero-order valence-corrected chi connectivity index (χ0v) is 26.9. The Morgan fingerprint density at radius 2 is 1.73 bits per heavy atom. The van der Waals surface area contributed by atoms with Crippen LogP contribution in [0.4, 0.5) is 4.79 Å². The van der Waals surface area contributed by atoms with Gasteiger partial charge in [-0.05, 0) is 59.0 Å². The van der Waals surface area contributed by atoms with Gasteiger partial charge in [-0.2, -0.15) is 0 Å². The zero-order chi connectivity index (χ0) is 32.4. The van der Waals surface area contributed by atoms with Gasteiger partial charge in [-0.3, -0.25) is 19.2 Å². The number of carbonyl (C=O) groups is 5. The van der Waals surface area contributed by atoms with E-state index in [1.807, 2.05) is 52.0 Å². The Balaban J connectivity index is 1.57. The van der Waals surface area contributed by atoms with Crippen molar-refractivity contribution in [3.8, 4) is 0 Å². The number of rotatable bonds is 12. The van der Waals surface area contributed by atoms with Crippen LogP contribution >= 0.6 is 0 Å². The minimum atomic E-state index is -1.01. The lowest BCUT2D eigenvalue weighted by atomic mass is 9.93. The summed E-state index contributed by atoms with van der Waals surface area (Å²) in [6.45, 7) is 16.1. The molecule has 44 heavy (non-hydrogen) atoms. The molecule has 2 aliphatic carbocycles. The number of benzene rings is 1. The Bertz CT molecular complexity index is 1280. The maximum absolute atomic E-state index is 14.4. The number of nitrogens with zero attached hydrogens (tertiary/aromatic N) is 1. The molecular weight excluding hydrogens is 560 g/mol. The van der Waals surface area contributed by atoms with Gasteiger partial charge in [-0.1, -0.05) is 78.3 Å². The third-order valence-electron chi connectivity index (χ3n) is 9.33. The number of amides is 4. The first-order valence-electron chi connectivity index (χ1n) is 15.7. The second kappa shape index (κ2) is 13.1. The number of carbonyl (C=O) groups excluding carboxylic acids is 5. The summed E-state index contributed by atoms with van der Waals surface area (Å²) in [6, 6.07) is 5.26. The van der Waals surface area contributed by atoms with Crippen molar-refractivity contribution < 1.29 is 28.7 Å². The molecule has 1 aromatic rings. The lowest BCUT2D eigenvalue weighted by Gasteiger charge is -2.35. The van der Waals surface area contributed by atoms with Gasteiger partial charge in [0.25, 0.3) is 5.91 Å². The van der Waals surface area contributed by atoms with Crippen molar-refractivity contribution >= 4 is 29.6 Å². The molecule has 1 saturated heterocycles. The highest BCUT2D eigenvalue weighted by Crippen LogP contribution is 2.65. The normalized spacial score (nSPS) is 23.0. The second-order valence-electron chi connectivity index (χ2n) is 14.3. The molecule has 3 aliphatic rings. The Labute approximate surface area is 260 Å². The van der Waals surface area contributed by atoms with Crippen LogP contribution in [0.1, 0.15) is 65.5 Å². The van der Waals surface area contributed by atoms with Crippen LogP contribution in [0.5, 0.6) is 0 Å². The molecular formula is C34H48N4O6. The molecule has 3 N–H and O–H groups in total. The van der Waals surface area contributed by atoms with Gasteiger partial charge in [0.15, 0.2) is 0 Å². The quantitative estimate of drug-likeness (QED) is 0.247. The van der Waals surface area contributed by atoms with Gasteiger partial charge in [0.05, 0.1) is 12.6 Å². The molecule has 2 fully saturated rings. The van der Waals surface area contributed by atoms with Crippen LogP contribution in [0.3, 0.4) is 0 Å². The van der Waals surface area contributed by atoms with Crippen molar-refractivity contribution in [1.29, 1.82) is 0 Å². The number of fused-ring (bicyclic) bond motifs is 2. The molecule has 0 aromatic heterocycles. The summed E-state index contributed by atoms with van der Waals surface area (Å²) in [6.07, 6.45) is 2.89. The van der Waals surface area contributed by atoms with E-state index in [0.29, 0.717) is 25.8 Å². The Hall–Kier alpha value is -3.69. The number of piperidine rings is 1. The van der Waals surface area contributed by atoms with Crippen LogP contribution in [0.2, 0.25) is 0 Å². The predicted octanol–water partition coefficient (Wildman–Crippen LogP) is 3.18. The van der Waals surface area contributed by atoms with Crippen LogP contribution in [-0.2, 0) is 36.8 Å². The molecule has 0 spiro atoms. The van der Waals surface area contributed by atoms with E-state index < -0.39 is 41.8 Å². The molecule has 4 rings (SSSR count). The molecule has 0 radical (unpaired) electrons. The van der Waals surface area contributed by atoms with E-state index in [1.54, 1.807) is 4.90 Å². The van der Waals surface area contributed by atoms with Crippen LogP contribution in [0.25, 0.3) is 0 Å². The molecule has 10 heteroatoms. The van der Waals surface area contributed by atoms with E-state index in [1.165, 1.54) is 6.08 Å². The topological polar surface area (TPSA) is 134 Å². The minimum absolute atomic E-state index is 0.104.